The Morgan fingerprint density at radius 2 is 2.05 bits per heavy atom. The predicted molar refractivity (Wildman–Crippen MR) is 68.0 cm³/mol. The number of alkyl halides is 3. The minimum atomic E-state index is -4.45. The zero-order chi connectivity index (χ0) is 14.0. The highest BCUT2D eigenvalue weighted by molar-refractivity contribution is 7.78. The summed E-state index contributed by atoms with van der Waals surface area (Å²) >= 11 is 4.42. The van der Waals surface area contributed by atoms with E-state index in [0.717, 1.165) is 12.1 Å². The largest absolute Gasteiger partial charge is 0.416 e. The summed E-state index contributed by atoms with van der Waals surface area (Å²) in [6.45, 7) is 1.75. The van der Waals surface area contributed by atoms with Crippen molar-refractivity contribution < 1.29 is 13.2 Å². The van der Waals surface area contributed by atoms with E-state index in [1.807, 2.05) is 0 Å². The van der Waals surface area contributed by atoms with Gasteiger partial charge in [0.15, 0.2) is 0 Å². The zero-order valence-corrected chi connectivity index (χ0v) is 10.6. The maximum absolute atomic E-state index is 12.8. The van der Waals surface area contributed by atoms with Crippen LogP contribution in [-0.4, -0.2) is 14.7 Å². The van der Waals surface area contributed by atoms with Crippen molar-refractivity contribution in [3.63, 3.8) is 0 Å². The molecule has 0 atom stereocenters. The van der Waals surface area contributed by atoms with Gasteiger partial charge in [-0.15, -0.1) is 0 Å². The second kappa shape index (κ2) is 4.95. The molecule has 1 aromatic carbocycles. The molecule has 3 nitrogen and oxygen atoms in total. The molecular weight excluding hydrogens is 275 g/mol. The molecule has 2 aromatic rings. The van der Waals surface area contributed by atoms with Crippen LogP contribution in [0.25, 0.3) is 5.69 Å². The van der Waals surface area contributed by atoms with Crippen LogP contribution in [0, 0.1) is 6.92 Å². The fourth-order valence-electron chi connectivity index (χ4n) is 1.59. The summed E-state index contributed by atoms with van der Waals surface area (Å²) in [6.07, 6.45) is -1.38. The first-order valence-electron chi connectivity index (χ1n) is 5.21. The number of imidazole rings is 1. The summed E-state index contributed by atoms with van der Waals surface area (Å²) < 4.78 is 39.9. The quantitative estimate of drug-likeness (QED) is 0.617. The van der Waals surface area contributed by atoms with E-state index in [4.69, 9.17) is 0 Å². The number of halogens is 3. The highest BCUT2D eigenvalue weighted by Crippen LogP contribution is 2.33. The first-order valence-corrected chi connectivity index (χ1v) is 5.62. The van der Waals surface area contributed by atoms with Crippen LogP contribution in [0.5, 0.6) is 0 Å². The summed E-state index contributed by atoms with van der Waals surface area (Å²) in [5.74, 6) is 0. The van der Waals surface area contributed by atoms with Gasteiger partial charge in [-0.1, -0.05) is 0 Å². The summed E-state index contributed by atoms with van der Waals surface area (Å²) in [4.78, 5) is 7.58. The Hall–Kier alpha value is -1.98. The van der Waals surface area contributed by atoms with E-state index in [0.29, 0.717) is 11.4 Å². The lowest BCUT2D eigenvalue weighted by molar-refractivity contribution is -0.137. The number of aromatic nitrogens is 2. The first-order chi connectivity index (χ1) is 8.90. The molecule has 0 aliphatic carbocycles. The van der Waals surface area contributed by atoms with E-state index >= 15 is 0 Å². The molecule has 2 rings (SSSR count). The maximum atomic E-state index is 12.8. The Bertz CT molecular complexity index is 654. The van der Waals surface area contributed by atoms with Crippen molar-refractivity contribution in [1.82, 2.24) is 9.55 Å². The van der Waals surface area contributed by atoms with E-state index in [-0.39, 0.29) is 5.69 Å². The number of isothiocyanates is 1. The van der Waals surface area contributed by atoms with Crippen molar-refractivity contribution in [2.45, 2.75) is 13.1 Å². The first kappa shape index (κ1) is 13.5. The van der Waals surface area contributed by atoms with Crippen molar-refractivity contribution in [2.24, 2.45) is 4.99 Å². The molecule has 0 spiro atoms. The van der Waals surface area contributed by atoms with Crippen LogP contribution in [0.2, 0.25) is 0 Å². The third-order valence-electron chi connectivity index (χ3n) is 2.41. The number of thiocarbonyl (C=S) groups is 1. The van der Waals surface area contributed by atoms with Gasteiger partial charge in [0.2, 0.25) is 0 Å². The van der Waals surface area contributed by atoms with Crippen LogP contribution in [0.4, 0.5) is 18.9 Å². The van der Waals surface area contributed by atoms with E-state index in [1.165, 1.54) is 17.0 Å². The van der Waals surface area contributed by atoms with Crippen LogP contribution in [0.3, 0.4) is 0 Å². The summed E-state index contributed by atoms with van der Waals surface area (Å²) in [5.41, 5.74) is 0.336. The fraction of sp³-hybridized carbons (Fsp3) is 0.167. The molecular formula is C12H8F3N3S. The number of nitrogens with zero attached hydrogens (tertiary/aromatic N) is 3. The molecule has 0 N–H and O–H groups in total. The lowest BCUT2D eigenvalue weighted by Crippen LogP contribution is -2.06. The molecule has 1 aromatic heterocycles. The fourth-order valence-corrected chi connectivity index (χ4v) is 1.69. The lowest BCUT2D eigenvalue weighted by atomic mass is 10.1. The Morgan fingerprint density at radius 3 is 2.58 bits per heavy atom. The second-order valence-electron chi connectivity index (χ2n) is 3.86. The highest BCUT2D eigenvalue weighted by atomic mass is 32.1. The van der Waals surface area contributed by atoms with Gasteiger partial charge in [-0.05, 0) is 37.3 Å². The number of aryl methyl sites for hydroxylation is 1. The van der Waals surface area contributed by atoms with Gasteiger partial charge in [0.05, 0.1) is 28.4 Å². The molecule has 0 amide bonds. The maximum Gasteiger partial charge on any atom is 0.416 e. The number of benzene rings is 1. The molecule has 0 unspecified atom stereocenters. The normalized spacial score (nSPS) is 11.2. The van der Waals surface area contributed by atoms with Crippen LogP contribution in [0.15, 0.2) is 35.7 Å². The Morgan fingerprint density at radius 1 is 1.32 bits per heavy atom. The topological polar surface area (TPSA) is 30.2 Å². The smallest absolute Gasteiger partial charge is 0.306 e. The molecule has 0 aliphatic heterocycles. The van der Waals surface area contributed by atoms with Crippen molar-refractivity contribution >= 4 is 23.1 Å². The number of hydrogen-bond acceptors (Lipinski definition) is 3. The summed E-state index contributed by atoms with van der Waals surface area (Å²) in [6, 6.07) is 3.44. The molecule has 19 heavy (non-hydrogen) atoms. The van der Waals surface area contributed by atoms with Crippen LogP contribution in [-0.2, 0) is 6.18 Å². The molecule has 0 saturated carbocycles. The Labute approximate surface area is 112 Å². The minimum absolute atomic E-state index is 0.103. The van der Waals surface area contributed by atoms with E-state index in [1.54, 1.807) is 13.1 Å². The van der Waals surface area contributed by atoms with Gasteiger partial charge >= 0.3 is 6.18 Å². The lowest BCUT2D eigenvalue weighted by Gasteiger charge is -2.10. The third kappa shape index (κ3) is 3.07. The van der Waals surface area contributed by atoms with Gasteiger partial charge in [0.1, 0.15) is 0 Å². The molecule has 0 saturated heterocycles. The number of rotatable bonds is 2. The van der Waals surface area contributed by atoms with Crippen molar-refractivity contribution in [1.29, 1.82) is 0 Å². The Balaban J connectivity index is 2.60. The third-order valence-corrected chi connectivity index (χ3v) is 2.51. The number of aliphatic imine (C=N–C) groups is 1. The van der Waals surface area contributed by atoms with Gasteiger partial charge in [0, 0.05) is 11.9 Å². The van der Waals surface area contributed by atoms with Crippen LogP contribution >= 0.6 is 12.2 Å². The van der Waals surface area contributed by atoms with Gasteiger partial charge in [-0.25, -0.2) is 4.98 Å². The predicted octanol–water partition coefficient (Wildman–Crippen LogP) is 3.93. The minimum Gasteiger partial charge on any atom is -0.306 e. The second-order valence-corrected chi connectivity index (χ2v) is 4.04. The zero-order valence-electron chi connectivity index (χ0n) is 9.77. The van der Waals surface area contributed by atoms with E-state index < -0.39 is 11.7 Å². The van der Waals surface area contributed by atoms with Crippen molar-refractivity contribution in [3.05, 3.63) is 42.0 Å². The van der Waals surface area contributed by atoms with Gasteiger partial charge in [-0.3, -0.25) is 0 Å². The molecule has 1 heterocycles. The number of hydrogen-bond donors (Lipinski definition) is 0. The van der Waals surface area contributed by atoms with Crippen LogP contribution in [0.1, 0.15) is 11.3 Å². The van der Waals surface area contributed by atoms with Gasteiger partial charge < -0.3 is 4.57 Å². The summed E-state index contributed by atoms with van der Waals surface area (Å²) in [7, 11) is 0. The van der Waals surface area contributed by atoms with Gasteiger partial charge in [-0.2, -0.15) is 18.2 Å². The average molecular weight is 283 g/mol. The van der Waals surface area contributed by atoms with E-state index in [2.05, 4.69) is 27.4 Å². The molecule has 0 fully saturated rings. The Kier molecular flexibility index (Phi) is 3.50. The summed E-state index contributed by atoms with van der Waals surface area (Å²) in [5, 5.41) is 2.06. The van der Waals surface area contributed by atoms with Crippen molar-refractivity contribution in [2.75, 3.05) is 0 Å². The molecule has 0 aliphatic rings. The molecule has 0 bridgehead atoms. The van der Waals surface area contributed by atoms with Gasteiger partial charge in [0.25, 0.3) is 0 Å². The van der Waals surface area contributed by atoms with E-state index in [9.17, 15) is 13.2 Å². The molecule has 98 valence electrons. The van der Waals surface area contributed by atoms with Crippen LogP contribution < -0.4 is 0 Å². The van der Waals surface area contributed by atoms with Crippen molar-refractivity contribution in [3.8, 4) is 5.69 Å². The molecule has 0 radical (unpaired) electrons. The SMILES string of the molecule is Cc1cn(-c2cc(N=C=S)cc(C(F)(F)F)c2)cn1. The average Bonchev–Trinajstić information content (AvgIpc) is 2.75. The standard InChI is InChI=1S/C12H8F3N3S/c1-8-5-18(6-16-8)11-3-9(12(13,14)15)2-10(4-11)17-7-19/h2-6H,1H3. The molecule has 7 heteroatoms. The highest BCUT2D eigenvalue weighted by Gasteiger charge is 2.31. The monoisotopic (exact) mass is 283 g/mol.